The van der Waals surface area contributed by atoms with Crippen LogP contribution in [0.15, 0.2) is 51.8 Å². The highest BCUT2D eigenvalue weighted by atomic mass is 32.2. The van der Waals surface area contributed by atoms with Crippen LogP contribution in [0.5, 0.6) is 0 Å². The Balaban J connectivity index is 2.00. The van der Waals surface area contributed by atoms with Crippen LogP contribution in [0.4, 0.5) is 0 Å². The molecule has 0 atom stereocenters. The van der Waals surface area contributed by atoms with Gasteiger partial charge in [0.05, 0.1) is 11.3 Å². The van der Waals surface area contributed by atoms with Crippen molar-refractivity contribution in [1.82, 2.24) is 4.72 Å². The van der Waals surface area contributed by atoms with Crippen molar-refractivity contribution < 1.29 is 22.7 Å². The quantitative estimate of drug-likeness (QED) is 0.752. The molecular weight excluding hydrogens is 306 g/mol. The summed E-state index contributed by atoms with van der Waals surface area (Å²) in [7, 11) is -3.75. The summed E-state index contributed by atoms with van der Waals surface area (Å²) >= 11 is 0. The average Bonchev–Trinajstić information content (AvgIpc) is 2.84. The molecule has 0 fully saturated rings. The van der Waals surface area contributed by atoms with Crippen molar-refractivity contribution in [2.24, 2.45) is 0 Å². The number of nitrogens with one attached hydrogen (secondary N) is 1. The SMILES string of the molecule is O=C(O)CCNS(=O)(=O)c1ccc2oc3ccccc3c2c1. The summed E-state index contributed by atoms with van der Waals surface area (Å²) in [5.41, 5.74) is 1.29. The largest absolute Gasteiger partial charge is 0.481 e. The zero-order chi connectivity index (χ0) is 15.7. The van der Waals surface area contributed by atoms with Crippen LogP contribution in [0, 0.1) is 0 Å². The van der Waals surface area contributed by atoms with Crippen LogP contribution in [-0.2, 0) is 14.8 Å². The van der Waals surface area contributed by atoms with E-state index in [9.17, 15) is 13.2 Å². The number of furan rings is 1. The van der Waals surface area contributed by atoms with Crippen LogP contribution < -0.4 is 4.72 Å². The molecular formula is C15H13NO5S. The van der Waals surface area contributed by atoms with Gasteiger partial charge in [-0.2, -0.15) is 0 Å². The summed E-state index contributed by atoms with van der Waals surface area (Å²) in [5.74, 6) is -1.06. The maximum atomic E-state index is 12.2. The number of aliphatic carboxylic acids is 1. The fourth-order valence-corrected chi connectivity index (χ4v) is 3.31. The Morgan fingerprint density at radius 3 is 2.59 bits per heavy atom. The van der Waals surface area contributed by atoms with Crippen molar-refractivity contribution in [2.45, 2.75) is 11.3 Å². The number of hydrogen-bond acceptors (Lipinski definition) is 4. The number of hydrogen-bond donors (Lipinski definition) is 2. The molecule has 3 rings (SSSR count). The average molecular weight is 319 g/mol. The molecule has 1 aromatic heterocycles. The zero-order valence-corrected chi connectivity index (χ0v) is 12.3. The van der Waals surface area contributed by atoms with Gasteiger partial charge in [-0.3, -0.25) is 4.79 Å². The maximum Gasteiger partial charge on any atom is 0.304 e. The van der Waals surface area contributed by atoms with Gasteiger partial charge in [-0.1, -0.05) is 18.2 Å². The normalized spacial score (nSPS) is 12.0. The van der Waals surface area contributed by atoms with Crippen LogP contribution in [0.25, 0.3) is 21.9 Å². The molecule has 0 aliphatic heterocycles. The lowest BCUT2D eigenvalue weighted by molar-refractivity contribution is -0.136. The molecule has 2 aromatic carbocycles. The van der Waals surface area contributed by atoms with Gasteiger partial charge in [0.25, 0.3) is 0 Å². The van der Waals surface area contributed by atoms with Gasteiger partial charge in [0.1, 0.15) is 11.2 Å². The third-order valence-electron chi connectivity index (χ3n) is 3.29. The molecule has 0 saturated carbocycles. The van der Waals surface area contributed by atoms with Crippen molar-refractivity contribution in [3.05, 3.63) is 42.5 Å². The van der Waals surface area contributed by atoms with Crippen LogP contribution in [0.3, 0.4) is 0 Å². The van der Waals surface area contributed by atoms with Gasteiger partial charge < -0.3 is 9.52 Å². The second-order valence-corrected chi connectivity index (χ2v) is 6.56. The molecule has 0 unspecified atom stereocenters. The molecule has 0 aliphatic rings. The highest BCUT2D eigenvalue weighted by Crippen LogP contribution is 2.30. The molecule has 6 nitrogen and oxygen atoms in total. The number of sulfonamides is 1. The van der Waals surface area contributed by atoms with E-state index in [4.69, 9.17) is 9.52 Å². The fraction of sp³-hybridized carbons (Fsp3) is 0.133. The van der Waals surface area contributed by atoms with Crippen molar-refractivity contribution in [3.8, 4) is 0 Å². The van der Waals surface area contributed by atoms with Crippen molar-refractivity contribution in [2.75, 3.05) is 6.54 Å². The van der Waals surface area contributed by atoms with Crippen molar-refractivity contribution in [1.29, 1.82) is 0 Å². The monoisotopic (exact) mass is 319 g/mol. The summed E-state index contributed by atoms with van der Waals surface area (Å²) in [4.78, 5) is 10.5. The van der Waals surface area contributed by atoms with E-state index in [-0.39, 0.29) is 17.9 Å². The molecule has 0 amide bonds. The summed E-state index contributed by atoms with van der Waals surface area (Å²) in [6, 6.07) is 11.9. The predicted molar refractivity (Wildman–Crippen MR) is 81.2 cm³/mol. The second kappa shape index (κ2) is 5.43. The lowest BCUT2D eigenvalue weighted by Gasteiger charge is -2.05. The zero-order valence-electron chi connectivity index (χ0n) is 11.4. The van der Waals surface area contributed by atoms with E-state index in [2.05, 4.69) is 4.72 Å². The third-order valence-corrected chi connectivity index (χ3v) is 4.75. The first kappa shape index (κ1) is 14.6. The molecule has 22 heavy (non-hydrogen) atoms. The Morgan fingerprint density at radius 2 is 1.82 bits per heavy atom. The molecule has 2 N–H and O–H groups in total. The highest BCUT2D eigenvalue weighted by molar-refractivity contribution is 7.89. The number of carboxylic acids is 1. The Morgan fingerprint density at radius 1 is 1.09 bits per heavy atom. The summed E-state index contributed by atoms with van der Waals surface area (Å²) in [6.07, 6.45) is -0.268. The number of carboxylic acid groups (broad SMARTS) is 1. The summed E-state index contributed by atoms with van der Waals surface area (Å²) in [6.45, 7) is -0.151. The topological polar surface area (TPSA) is 96.6 Å². The number of rotatable bonds is 5. The van der Waals surface area contributed by atoms with E-state index < -0.39 is 16.0 Å². The van der Waals surface area contributed by atoms with Gasteiger partial charge in [0.2, 0.25) is 10.0 Å². The molecule has 0 aliphatic carbocycles. The first-order chi connectivity index (χ1) is 10.5. The van der Waals surface area contributed by atoms with Crippen LogP contribution in [-0.4, -0.2) is 26.0 Å². The first-order valence-corrected chi connectivity index (χ1v) is 8.08. The Hall–Kier alpha value is -2.38. The minimum atomic E-state index is -3.75. The number of para-hydroxylation sites is 1. The van der Waals surface area contributed by atoms with Gasteiger partial charge in [0, 0.05) is 17.3 Å². The Kier molecular flexibility index (Phi) is 3.59. The molecule has 0 saturated heterocycles. The maximum absolute atomic E-state index is 12.2. The minimum absolute atomic E-state index is 0.0805. The van der Waals surface area contributed by atoms with E-state index >= 15 is 0 Å². The number of carbonyl (C=O) groups is 1. The van der Waals surface area contributed by atoms with E-state index in [1.165, 1.54) is 12.1 Å². The highest BCUT2D eigenvalue weighted by Gasteiger charge is 2.16. The molecule has 1 heterocycles. The van der Waals surface area contributed by atoms with Crippen LogP contribution in [0.1, 0.15) is 6.42 Å². The van der Waals surface area contributed by atoms with E-state index in [0.717, 1.165) is 5.39 Å². The molecule has 0 spiro atoms. The first-order valence-electron chi connectivity index (χ1n) is 6.60. The standard InChI is InChI=1S/C15H13NO5S/c17-15(18)7-8-16-22(19,20)10-5-6-14-12(9-10)11-3-1-2-4-13(11)21-14/h1-6,9,16H,7-8H2,(H,17,18). The molecule has 3 aromatic rings. The number of fused-ring (bicyclic) bond motifs is 3. The summed E-state index contributed by atoms with van der Waals surface area (Å²) < 4.78 is 32.3. The summed E-state index contributed by atoms with van der Waals surface area (Å²) in [5, 5.41) is 10.1. The predicted octanol–water partition coefficient (Wildman–Crippen LogP) is 2.34. The van der Waals surface area contributed by atoms with E-state index in [0.29, 0.717) is 16.6 Å². The lowest BCUT2D eigenvalue weighted by atomic mass is 10.1. The third kappa shape index (κ3) is 2.68. The van der Waals surface area contributed by atoms with Crippen molar-refractivity contribution in [3.63, 3.8) is 0 Å². The fourth-order valence-electron chi connectivity index (χ4n) is 2.25. The van der Waals surface area contributed by atoms with Gasteiger partial charge in [-0.05, 0) is 24.3 Å². The Bertz CT molecular complexity index is 958. The second-order valence-electron chi connectivity index (χ2n) is 4.80. The van der Waals surface area contributed by atoms with Crippen LogP contribution >= 0.6 is 0 Å². The smallest absolute Gasteiger partial charge is 0.304 e. The minimum Gasteiger partial charge on any atom is -0.481 e. The molecule has 0 radical (unpaired) electrons. The number of benzene rings is 2. The van der Waals surface area contributed by atoms with Gasteiger partial charge in [-0.15, -0.1) is 0 Å². The molecule has 7 heteroatoms. The van der Waals surface area contributed by atoms with E-state index in [1.54, 1.807) is 6.07 Å². The van der Waals surface area contributed by atoms with Crippen LogP contribution in [0.2, 0.25) is 0 Å². The van der Waals surface area contributed by atoms with Gasteiger partial charge in [-0.25, -0.2) is 13.1 Å². The van der Waals surface area contributed by atoms with Gasteiger partial charge >= 0.3 is 5.97 Å². The molecule has 0 bridgehead atoms. The lowest BCUT2D eigenvalue weighted by Crippen LogP contribution is -2.26. The Labute approximate surface area is 126 Å². The molecule has 114 valence electrons. The van der Waals surface area contributed by atoms with Gasteiger partial charge in [0.15, 0.2) is 0 Å². The van der Waals surface area contributed by atoms with E-state index in [1.807, 2.05) is 24.3 Å². The van der Waals surface area contributed by atoms with Crippen molar-refractivity contribution >= 4 is 37.9 Å².